The van der Waals surface area contributed by atoms with Crippen LogP contribution in [0.4, 0.5) is 0 Å². The van der Waals surface area contributed by atoms with Crippen molar-refractivity contribution in [3.8, 4) is 0 Å². The van der Waals surface area contributed by atoms with Crippen LogP contribution in [0.1, 0.15) is 51.4 Å². The van der Waals surface area contributed by atoms with Gasteiger partial charge < -0.3 is 10.0 Å². The highest BCUT2D eigenvalue weighted by Crippen LogP contribution is 2.38. The van der Waals surface area contributed by atoms with E-state index in [-0.39, 0.29) is 12.5 Å². The lowest BCUT2D eigenvalue weighted by atomic mass is 9.76. The van der Waals surface area contributed by atoms with Crippen molar-refractivity contribution < 1.29 is 14.7 Å². The molecule has 2 aliphatic carbocycles. The number of hydrogen-bond acceptors (Lipinski definition) is 3. The minimum Gasteiger partial charge on any atom is -0.480 e. The Morgan fingerprint density at radius 3 is 2.48 bits per heavy atom. The summed E-state index contributed by atoms with van der Waals surface area (Å²) < 4.78 is 0. The van der Waals surface area contributed by atoms with Gasteiger partial charge in [0.05, 0.1) is 6.54 Å². The molecule has 3 atom stereocenters. The molecule has 5 nitrogen and oxygen atoms in total. The first-order chi connectivity index (χ1) is 10.1. The van der Waals surface area contributed by atoms with Crippen LogP contribution < -0.4 is 0 Å². The predicted molar refractivity (Wildman–Crippen MR) is 78.9 cm³/mol. The van der Waals surface area contributed by atoms with Gasteiger partial charge in [-0.15, -0.1) is 0 Å². The molecule has 21 heavy (non-hydrogen) atoms. The average Bonchev–Trinajstić information content (AvgIpc) is 3.31. The molecule has 3 aliphatic rings. The van der Waals surface area contributed by atoms with E-state index in [1.165, 1.54) is 12.8 Å². The van der Waals surface area contributed by atoms with Crippen molar-refractivity contribution >= 4 is 11.9 Å². The molecule has 0 spiro atoms. The number of carboxylic acid groups (broad SMARTS) is 1. The second-order valence-corrected chi connectivity index (χ2v) is 6.95. The summed E-state index contributed by atoms with van der Waals surface area (Å²) in [5.74, 6) is -0.0794. The number of fused-ring (bicyclic) bond motifs is 1. The van der Waals surface area contributed by atoms with E-state index in [9.17, 15) is 14.7 Å². The van der Waals surface area contributed by atoms with Crippen LogP contribution >= 0.6 is 0 Å². The molecule has 3 rings (SSSR count). The Kier molecular flexibility index (Phi) is 4.20. The number of hydrogen-bond donors (Lipinski definition) is 1. The van der Waals surface area contributed by atoms with E-state index >= 15 is 0 Å². The van der Waals surface area contributed by atoms with Crippen molar-refractivity contribution in [1.29, 1.82) is 0 Å². The van der Waals surface area contributed by atoms with Gasteiger partial charge in [0.15, 0.2) is 0 Å². The summed E-state index contributed by atoms with van der Waals surface area (Å²) in [5.41, 5.74) is 0. The first kappa shape index (κ1) is 14.8. The highest BCUT2D eigenvalue weighted by molar-refractivity contribution is 5.80. The fourth-order valence-corrected chi connectivity index (χ4v) is 4.16. The Bertz CT molecular complexity index is 422. The highest BCUT2D eigenvalue weighted by atomic mass is 16.4. The van der Waals surface area contributed by atoms with Crippen molar-refractivity contribution in [3.63, 3.8) is 0 Å². The minimum atomic E-state index is -0.763. The number of rotatable bonds is 4. The highest BCUT2D eigenvalue weighted by Gasteiger charge is 2.43. The molecule has 118 valence electrons. The Morgan fingerprint density at radius 1 is 1.10 bits per heavy atom. The number of carboxylic acids is 1. The number of aliphatic carboxylic acids is 1. The van der Waals surface area contributed by atoms with E-state index in [0.717, 1.165) is 32.1 Å². The van der Waals surface area contributed by atoms with Crippen molar-refractivity contribution in [1.82, 2.24) is 9.80 Å². The van der Waals surface area contributed by atoms with E-state index in [1.807, 2.05) is 16.8 Å². The minimum absolute atomic E-state index is 0.0926. The molecular weight excluding hydrogens is 268 g/mol. The Labute approximate surface area is 126 Å². The fourth-order valence-electron chi connectivity index (χ4n) is 4.16. The first-order valence-corrected chi connectivity index (χ1v) is 8.32. The smallest absolute Gasteiger partial charge is 0.320 e. The number of amides is 1. The number of carbonyl (C=O) groups excluding carboxylic acids is 1. The first-order valence-electron chi connectivity index (χ1n) is 8.32. The van der Waals surface area contributed by atoms with Gasteiger partial charge in [0.2, 0.25) is 5.91 Å². The summed E-state index contributed by atoms with van der Waals surface area (Å²) >= 11 is 0. The van der Waals surface area contributed by atoms with Crippen LogP contribution in [0.5, 0.6) is 0 Å². The number of likely N-dealkylation sites (N-methyl/N-ethyl adjacent to an activating group) is 1. The summed E-state index contributed by atoms with van der Waals surface area (Å²) in [4.78, 5) is 27.8. The van der Waals surface area contributed by atoms with E-state index in [4.69, 9.17) is 0 Å². The third kappa shape index (κ3) is 3.07. The Morgan fingerprint density at radius 2 is 1.81 bits per heavy atom. The van der Waals surface area contributed by atoms with Gasteiger partial charge >= 0.3 is 5.97 Å². The second-order valence-electron chi connectivity index (χ2n) is 6.95. The van der Waals surface area contributed by atoms with Gasteiger partial charge in [0.1, 0.15) is 6.04 Å². The van der Waals surface area contributed by atoms with E-state index in [0.29, 0.717) is 24.4 Å². The normalized spacial score (nSPS) is 33.3. The molecule has 0 bridgehead atoms. The molecule has 1 heterocycles. The molecule has 0 aromatic heterocycles. The second kappa shape index (κ2) is 5.95. The third-order valence-electron chi connectivity index (χ3n) is 5.60. The van der Waals surface area contributed by atoms with Crippen LogP contribution in [0.25, 0.3) is 0 Å². The quantitative estimate of drug-likeness (QED) is 0.857. The van der Waals surface area contributed by atoms with E-state index < -0.39 is 12.0 Å². The largest absolute Gasteiger partial charge is 0.480 e. The molecular formula is C16H26N2O3. The molecule has 1 N–H and O–H groups in total. The van der Waals surface area contributed by atoms with Crippen molar-refractivity contribution in [2.75, 3.05) is 13.6 Å². The number of likely N-dealkylation sites (tertiary alicyclic amines) is 1. The number of nitrogens with zero attached hydrogens (tertiary/aromatic N) is 2. The van der Waals surface area contributed by atoms with E-state index in [1.54, 1.807) is 0 Å². The van der Waals surface area contributed by atoms with Crippen LogP contribution in [-0.2, 0) is 9.59 Å². The van der Waals surface area contributed by atoms with Gasteiger partial charge in [-0.2, -0.15) is 0 Å². The molecule has 3 fully saturated rings. The van der Waals surface area contributed by atoms with Gasteiger partial charge in [-0.3, -0.25) is 14.5 Å². The van der Waals surface area contributed by atoms with Crippen molar-refractivity contribution in [2.45, 2.75) is 69.5 Å². The summed E-state index contributed by atoms with van der Waals surface area (Å²) in [5, 5.41) is 9.51. The molecule has 3 unspecified atom stereocenters. The molecule has 1 saturated heterocycles. The molecule has 1 amide bonds. The van der Waals surface area contributed by atoms with Crippen LogP contribution in [0, 0.1) is 5.92 Å². The fraction of sp³-hybridized carbons (Fsp3) is 0.875. The standard InChI is InChI=1S/C16H26N2O3/c1-17(12-7-8-12)15(19)10-18-13-5-3-2-4-11(13)6-9-14(18)16(20)21/h11-14H,2-10H2,1H3,(H,20,21). The van der Waals surface area contributed by atoms with Crippen LogP contribution in [0.15, 0.2) is 0 Å². The maximum atomic E-state index is 12.4. The molecule has 0 aromatic rings. The average molecular weight is 294 g/mol. The zero-order valence-electron chi connectivity index (χ0n) is 12.8. The maximum absolute atomic E-state index is 12.4. The van der Waals surface area contributed by atoms with Gasteiger partial charge in [-0.1, -0.05) is 12.8 Å². The number of carbonyl (C=O) groups is 2. The molecule has 0 radical (unpaired) electrons. The van der Waals surface area contributed by atoms with Crippen LogP contribution in [-0.4, -0.2) is 58.5 Å². The molecule has 5 heteroatoms. The zero-order chi connectivity index (χ0) is 15.0. The van der Waals surface area contributed by atoms with Gasteiger partial charge in [0.25, 0.3) is 0 Å². The van der Waals surface area contributed by atoms with Crippen molar-refractivity contribution in [3.05, 3.63) is 0 Å². The van der Waals surface area contributed by atoms with E-state index in [2.05, 4.69) is 0 Å². The lowest BCUT2D eigenvalue weighted by Gasteiger charge is -2.47. The zero-order valence-corrected chi connectivity index (χ0v) is 12.8. The third-order valence-corrected chi connectivity index (χ3v) is 5.60. The predicted octanol–water partition coefficient (Wildman–Crippen LogP) is 1.71. The molecule has 2 saturated carbocycles. The lowest BCUT2D eigenvalue weighted by molar-refractivity contribution is -0.150. The van der Waals surface area contributed by atoms with Gasteiger partial charge in [-0.05, 0) is 44.4 Å². The Hall–Kier alpha value is -1.10. The van der Waals surface area contributed by atoms with Crippen LogP contribution in [0.3, 0.4) is 0 Å². The topological polar surface area (TPSA) is 60.9 Å². The monoisotopic (exact) mass is 294 g/mol. The molecule has 0 aromatic carbocycles. The van der Waals surface area contributed by atoms with Crippen LogP contribution in [0.2, 0.25) is 0 Å². The van der Waals surface area contributed by atoms with Gasteiger partial charge in [0, 0.05) is 19.1 Å². The molecule has 1 aliphatic heterocycles. The summed E-state index contributed by atoms with van der Waals surface area (Å²) in [6, 6.07) is 0.221. The summed E-state index contributed by atoms with van der Waals surface area (Å²) in [7, 11) is 1.86. The SMILES string of the molecule is CN(C(=O)CN1C(C(=O)O)CCC2CCCCC21)C1CC1. The maximum Gasteiger partial charge on any atom is 0.320 e. The lowest BCUT2D eigenvalue weighted by Crippen LogP contribution is -2.57. The summed E-state index contributed by atoms with van der Waals surface area (Å²) in [6.07, 6.45) is 8.55. The van der Waals surface area contributed by atoms with Gasteiger partial charge in [-0.25, -0.2) is 0 Å². The number of piperidine rings is 1. The van der Waals surface area contributed by atoms with Crippen molar-refractivity contribution in [2.24, 2.45) is 5.92 Å². The Balaban J connectivity index is 1.72. The summed E-state index contributed by atoms with van der Waals surface area (Å²) in [6.45, 7) is 0.283.